The standard InChI is InChI=1S/C32H36N4O5/c1-31(2,3)27(37)20-36-26-17-10-9-16-25(26)35(23-14-7-6-8-15-23)19-24(28(36)38)34-30(41)33-22-13-11-12-21(18-22)32(4,5)29(39)40/h6-18,24H,19-20H2,1-5H3,(H,39,40)(H2,33,34,41). The zero-order chi connectivity index (χ0) is 29.9. The number of carboxylic acids is 1. The van der Waals surface area contributed by atoms with Crippen molar-refractivity contribution in [2.24, 2.45) is 5.41 Å². The lowest BCUT2D eigenvalue weighted by Gasteiger charge is -2.28. The summed E-state index contributed by atoms with van der Waals surface area (Å²) >= 11 is 0. The van der Waals surface area contributed by atoms with Gasteiger partial charge >= 0.3 is 12.0 Å². The smallest absolute Gasteiger partial charge is 0.319 e. The van der Waals surface area contributed by atoms with E-state index in [9.17, 15) is 24.3 Å². The zero-order valence-electron chi connectivity index (χ0n) is 24.0. The van der Waals surface area contributed by atoms with Gasteiger partial charge in [-0.05, 0) is 55.8 Å². The highest BCUT2D eigenvalue weighted by Crippen LogP contribution is 2.37. The molecule has 41 heavy (non-hydrogen) atoms. The Bertz CT molecular complexity index is 1460. The van der Waals surface area contributed by atoms with Crippen molar-refractivity contribution in [3.05, 3.63) is 84.4 Å². The number of carboxylic acid groups (broad SMARTS) is 1. The van der Waals surface area contributed by atoms with Gasteiger partial charge in [0.05, 0.1) is 29.9 Å². The fraction of sp³-hybridized carbons (Fsp3) is 0.312. The fourth-order valence-electron chi connectivity index (χ4n) is 4.52. The minimum absolute atomic E-state index is 0.116. The van der Waals surface area contributed by atoms with E-state index in [1.807, 2.05) is 74.2 Å². The quantitative estimate of drug-likeness (QED) is 0.362. The average molecular weight is 557 g/mol. The van der Waals surface area contributed by atoms with E-state index in [1.54, 1.807) is 44.2 Å². The Kier molecular flexibility index (Phi) is 8.19. The molecule has 9 heteroatoms. The van der Waals surface area contributed by atoms with Crippen LogP contribution in [0.15, 0.2) is 78.9 Å². The fourth-order valence-corrected chi connectivity index (χ4v) is 4.52. The van der Waals surface area contributed by atoms with E-state index in [4.69, 9.17) is 0 Å². The normalized spacial score (nSPS) is 15.5. The summed E-state index contributed by atoms with van der Waals surface area (Å²) in [6, 6.07) is 21.9. The summed E-state index contributed by atoms with van der Waals surface area (Å²) in [5, 5.41) is 15.1. The van der Waals surface area contributed by atoms with Gasteiger partial charge in [-0.3, -0.25) is 14.4 Å². The molecule has 1 aliphatic rings. The van der Waals surface area contributed by atoms with Gasteiger partial charge in [-0.1, -0.05) is 63.2 Å². The Morgan fingerprint density at radius 2 is 1.51 bits per heavy atom. The van der Waals surface area contributed by atoms with Crippen LogP contribution < -0.4 is 20.4 Å². The third-order valence-corrected chi connectivity index (χ3v) is 7.28. The van der Waals surface area contributed by atoms with Crippen molar-refractivity contribution >= 4 is 46.4 Å². The van der Waals surface area contributed by atoms with E-state index in [-0.39, 0.29) is 18.9 Å². The number of carbonyl (C=O) groups excluding carboxylic acids is 3. The number of benzene rings is 3. The van der Waals surface area contributed by atoms with Gasteiger partial charge in [0, 0.05) is 16.8 Å². The Balaban J connectivity index is 1.68. The molecule has 3 amide bonds. The average Bonchev–Trinajstić information content (AvgIpc) is 3.03. The van der Waals surface area contributed by atoms with Gasteiger partial charge in [-0.15, -0.1) is 0 Å². The number of nitrogens with zero attached hydrogens (tertiary/aromatic N) is 2. The van der Waals surface area contributed by atoms with Crippen molar-refractivity contribution in [3.63, 3.8) is 0 Å². The molecule has 0 aromatic heterocycles. The molecule has 0 radical (unpaired) electrons. The first kappa shape index (κ1) is 29.3. The van der Waals surface area contributed by atoms with Crippen molar-refractivity contribution in [2.45, 2.75) is 46.1 Å². The second kappa shape index (κ2) is 11.4. The van der Waals surface area contributed by atoms with E-state index >= 15 is 0 Å². The number of nitrogens with one attached hydrogen (secondary N) is 2. The van der Waals surface area contributed by atoms with Gasteiger partial charge in [0.1, 0.15) is 6.04 Å². The van der Waals surface area contributed by atoms with Crippen molar-refractivity contribution in [1.29, 1.82) is 0 Å². The van der Waals surface area contributed by atoms with Crippen LogP contribution in [0.1, 0.15) is 40.2 Å². The van der Waals surface area contributed by atoms with Crippen molar-refractivity contribution in [2.75, 3.05) is 28.2 Å². The molecule has 1 aliphatic heterocycles. The van der Waals surface area contributed by atoms with Gasteiger partial charge in [0.2, 0.25) is 0 Å². The van der Waals surface area contributed by atoms with Gasteiger partial charge in [-0.2, -0.15) is 0 Å². The third-order valence-electron chi connectivity index (χ3n) is 7.28. The Hall–Kier alpha value is -4.66. The monoisotopic (exact) mass is 556 g/mol. The third kappa shape index (κ3) is 6.40. The molecule has 0 spiro atoms. The molecule has 0 saturated carbocycles. The van der Waals surface area contributed by atoms with Gasteiger partial charge in [0.25, 0.3) is 5.91 Å². The van der Waals surface area contributed by atoms with E-state index in [0.717, 1.165) is 11.4 Å². The maximum atomic E-state index is 14.0. The van der Waals surface area contributed by atoms with Crippen molar-refractivity contribution in [3.8, 4) is 0 Å². The molecule has 3 aromatic rings. The lowest BCUT2D eigenvalue weighted by molar-refractivity contribution is -0.142. The van der Waals surface area contributed by atoms with Crippen LogP contribution >= 0.6 is 0 Å². The molecule has 3 N–H and O–H groups in total. The molecular formula is C32H36N4O5. The molecule has 1 unspecified atom stereocenters. The molecule has 4 rings (SSSR count). The van der Waals surface area contributed by atoms with E-state index in [1.165, 1.54) is 4.90 Å². The molecule has 0 aliphatic carbocycles. The predicted molar refractivity (Wildman–Crippen MR) is 160 cm³/mol. The topological polar surface area (TPSA) is 119 Å². The summed E-state index contributed by atoms with van der Waals surface area (Å²) in [7, 11) is 0. The molecule has 3 aromatic carbocycles. The lowest BCUT2D eigenvalue weighted by atomic mass is 9.84. The summed E-state index contributed by atoms with van der Waals surface area (Å²) in [6.45, 7) is 8.58. The van der Waals surface area contributed by atoms with Gasteiger partial charge in [-0.25, -0.2) is 4.79 Å². The summed E-state index contributed by atoms with van der Waals surface area (Å²) < 4.78 is 0. The molecular weight excluding hydrogens is 520 g/mol. The number of fused-ring (bicyclic) bond motifs is 1. The summed E-state index contributed by atoms with van der Waals surface area (Å²) in [4.78, 5) is 55.5. The van der Waals surface area contributed by atoms with Crippen molar-refractivity contribution in [1.82, 2.24) is 5.32 Å². The number of hydrogen-bond acceptors (Lipinski definition) is 5. The minimum Gasteiger partial charge on any atom is -0.481 e. The highest BCUT2D eigenvalue weighted by molar-refractivity contribution is 6.08. The van der Waals surface area contributed by atoms with Gasteiger partial charge in [0.15, 0.2) is 5.78 Å². The Labute approximate surface area is 240 Å². The number of para-hydroxylation sites is 3. The number of ketones is 1. The van der Waals surface area contributed by atoms with E-state index < -0.39 is 34.8 Å². The second-order valence-corrected chi connectivity index (χ2v) is 11.7. The maximum absolute atomic E-state index is 14.0. The second-order valence-electron chi connectivity index (χ2n) is 11.7. The van der Waals surface area contributed by atoms with Gasteiger partial charge < -0.3 is 25.5 Å². The lowest BCUT2D eigenvalue weighted by Crippen LogP contribution is -2.54. The molecule has 214 valence electrons. The SMILES string of the molecule is CC(C)(C)C(=O)CN1C(=O)C(NC(=O)Nc2cccc(C(C)(C)C(=O)O)c2)CN(c2ccccc2)c2ccccc21. The molecule has 0 saturated heterocycles. The minimum atomic E-state index is -1.16. The highest BCUT2D eigenvalue weighted by Gasteiger charge is 2.37. The van der Waals surface area contributed by atoms with Crippen LogP contribution in [0.3, 0.4) is 0 Å². The predicted octanol–water partition coefficient (Wildman–Crippen LogP) is 5.34. The summed E-state index contributed by atoms with van der Waals surface area (Å²) in [5.74, 6) is -1.52. The van der Waals surface area contributed by atoms with E-state index in [0.29, 0.717) is 16.9 Å². The number of Topliss-reactive ketones (excluding diaryl/α,β-unsaturated/α-hetero) is 1. The molecule has 1 atom stereocenters. The van der Waals surface area contributed by atoms with Crippen LogP contribution in [0.25, 0.3) is 0 Å². The first-order valence-electron chi connectivity index (χ1n) is 13.5. The number of rotatable bonds is 7. The Morgan fingerprint density at radius 1 is 0.878 bits per heavy atom. The first-order valence-corrected chi connectivity index (χ1v) is 13.5. The summed E-state index contributed by atoms with van der Waals surface area (Å²) in [5.41, 5.74) is 1.22. The molecule has 0 fully saturated rings. The zero-order valence-corrected chi connectivity index (χ0v) is 24.0. The van der Waals surface area contributed by atoms with Crippen LogP contribution in [-0.2, 0) is 19.8 Å². The van der Waals surface area contributed by atoms with Crippen LogP contribution in [0.4, 0.5) is 27.5 Å². The van der Waals surface area contributed by atoms with Crippen LogP contribution in [-0.4, -0.2) is 47.9 Å². The number of anilines is 4. The van der Waals surface area contributed by atoms with Crippen LogP contribution in [0.5, 0.6) is 0 Å². The number of carbonyl (C=O) groups is 4. The molecule has 9 nitrogen and oxygen atoms in total. The largest absolute Gasteiger partial charge is 0.481 e. The van der Waals surface area contributed by atoms with Crippen molar-refractivity contribution < 1.29 is 24.3 Å². The van der Waals surface area contributed by atoms with E-state index in [2.05, 4.69) is 10.6 Å². The first-order chi connectivity index (χ1) is 19.3. The number of amides is 3. The molecule has 0 bridgehead atoms. The number of aliphatic carboxylic acids is 1. The summed E-state index contributed by atoms with van der Waals surface area (Å²) in [6.07, 6.45) is 0. The highest BCUT2D eigenvalue weighted by atomic mass is 16.4. The Morgan fingerprint density at radius 3 is 2.15 bits per heavy atom. The van der Waals surface area contributed by atoms with Crippen LogP contribution in [0, 0.1) is 5.41 Å². The molecule has 1 heterocycles. The number of urea groups is 1. The number of hydrogen-bond donors (Lipinski definition) is 3. The van der Waals surface area contributed by atoms with Crippen LogP contribution in [0.2, 0.25) is 0 Å². The maximum Gasteiger partial charge on any atom is 0.319 e.